The van der Waals surface area contributed by atoms with Crippen molar-refractivity contribution < 1.29 is 14.2 Å². The fourth-order valence-electron chi connectivity index (χ4n) is 1.93. The normalized spacial score (nSPS) is 13.6. The monoisotopic (exact) mass is 324 g/mol. The van der Waals surface area contributed by atoms with Crippen LogP contribution in [0.2, 0.25) is 5.15 Å². The number of hydrogen-bond acceptors (Lipinski definition) is 4. The predicted octanol–water partition coefficient (Wildman–Crippen LogP) is 2.96. The lowest BCUT2D eigenvalue weighted by Crippen LogP contribution is -2.33. The molecule has 0 amide bonds. The lowest BCUT2D eigenvalue weighted by Gasteiger charge is -2.18. The summed E-state index contributed by atoms with van der Waals surface area (Å²) >= 11 is 6.02. The van der Waals surface area contributed by atoms with E-state index in [0.717, 1.165) is 5.56 Å². The number of hydrogen-bond donors (Lipinski definition) is 2. The Bertz CT molecular complexity index is 595. The van der Waals surface area contributed by atoms with Gasteiger partial charge in [-0.25, -0.2) is 9.37 Å². The van der Waals surface area contributed by atoms with E-state index in [4.69, 9.17) is 16.3 Å². The van der Waals surface area contributed by atoms with Crippen molar-refractivity contribution in [1.29, 1.82) is 0 Å². The van der Waals surface area contributed by atoms with Gasteiger partial charge in [-0.3, -0.25) is 0 Å². The number of aliphatic hydroxyl groups excluding tert-OH is 1. The Morgan fingerprint density at radius 2 is 2.05 bits per heavy atom. The molecule has 2 unspecified atom stereocenters. The number of benzene rings is 1. The van der Waals surface area contributed by atoms with Crippen LogP contribution in [0.5, 0.6) is 5.75 Å². The Balaban J connectivity index is 1.76. The molecule has 2 atom stereocenters. The molecule has 2 rings (SSSR count). The number of halogens is 2. The third kappa shape index (κ3) is 4.94. The Labute approximate surface area is 133 Å². The minimum atomic E-state index is -0.692. The van der Waals surface area contributed by atoms with Crippen LogP contribution in [0, 0.1) is 5.82 Å². The topological polar surface area (TPSA) is 54.4 Å². The highest BCUT2D eigenvalue weighted by Gasteiger charge is 2.12. The molecule has 22 heavy (non-hydrogen) atoms. The third-order valence-electron chi connectivity index (χ3n) is 3.17. The summed E-state index contributed by atoms with van der Waals surface area (Å²) in [5, 5.41) is 13.5. The summed E-state index contributed by atoms with van der Waals surface area (Å²) in [7, 11) is 0. The largest absolute Gasteiger partial charge is 0.491 e. The fraction of sp³-hybridized carbons (Fsp3) is 0.312. The quantitative estimate of drug-likeness (QED) is 0.769. The minimum absolute atomic E-state index is 0.0401. The molecule has 2 N–H and O–H groups in total. The van der Waals surface area contributed by atoms with Gasteiger partial charge in [0.1, 0.15) is 29.4 Å². The number of aliphatic hydroxyl groups is 1. The molecule has 0 radical (unpaired) electrons. The summed E-state index contributed by atoms with van der Waals surface area (Å²) in [4.78, 5) is 4.02. The second-order valence-corrected chi connectivity index (χ2v) is 5.29. The minimum Gasteiger partial charge on any atom is -0.491 e. The standard InChI is InChI=1S/C16H18ClFN2O2/c1-11(15-3-2-8-19-16(15)17)20-9-13(21)10-22-14-6-4-12(18)5-7-14/h2-8,11,13,20-21H,9-10H2,1H3. The highest BCUT2D eigenvalue weighted by atomic mass is 35.5. The van der Waals surface area contributed by atoms with E-state index in [1.165, 1.54) is 24.3 Å². The first kappa shape index (κ1) is 16.7. The number of ether oxygens (including phenoxy) is 1. The van der Waals surface area contributed by atoms with Gasteiger partial charge in [-0.1, -0.05) is 17.7 Å². The van der Waals surface area contributed by atoms with Crippen molar-refractivity contribution in [3.05, 3.63) is 59.1 Å². The molecule has 118 valence electrons. The molecule has 0 aliphatic carbocycles. The lowest BCUT2D eigenvalue weighted by atomic mass is 10.1. The average molecular weight is 325 g/mol. The zero-order valence-corrected chi connectivity index (χ0v) is 12.9. The van der Waals surface area contributed by atoms with E-state index in [9.17, 15) is 9.50 Å². The van der Waals surface area contributed by atoms with Crippen molar-refractivity contribution in [2.45, 2.75) is 19.1 Å². The van der Waals surface area contributed by atoms with Gasteiger partial charge in [-0.15, -0.1) is 0 Å². The zero-order chi connectivity index (χ0) is 15.9. The van der Waals surface area contributed by atoms with Crippen molar-refractivity contribution in [1.82, 2.24) is 10.3 Å². The Morgan fingerprint density at radius 3 is 2.73 bits per heavy atom. The van der Waals surface area contributed by atoms with Gasteiger partial charge in [0, 0.05) is 24.3 Å². The van der Waals surface area contributed by atoms with Crippen molar-refractivity contribution in [3.63, 3.8) is 0 Å². The van der Waals surface area contributed by atoms with Crippen molar-refractivity contribution in [2.75, 3.05) is 13.2 Å². The van der Waals surface area contributed by atoms with Gasteiger partial charge in [-0.05, 0) is 37.3 Å². The van der Waals surface area contributed by atoms with E-state index in [1.54, 1.807) is 6.20 Å². The second-order valence-electron chi connectivity index (χ2n) is 4.93. The molecule has 1 aromatic carbocycles. The van der Waals surface area contributed by atoms with Crippen LogP contribution < -0.4 is 10.1 Å². The maximum absolute atomic E-state index is 12.8. The van der Waals surface area contributed by atoms with Crippen molar-refractivity contribution >= 4 is 11.6 Å². The summed E-state index contributed by atoms with van der Waals surface area (Å²) < 4.78 is 18.1. The van der Waals surface area contributed by atoms with Gasteiger partial charge < -0.3 is 15.2 Å². The van der Waals surface area contributed by atoms with Crippen LogP contribution in [0.25, 0.3) is 0 Å². The summed E-state index contributed by atoms with van der Waals surface area (Å²) in [6, 6.07) is 9.32. The Morgan fingerprint density at radius 1 is 1.32 bits per heavy atom. The molecular weight excluding hydrogens is 307 g/mol. The Kier molecular flexibility index (Phi) is 6.12. The number of rotatable bonds is 7. The van der Waals surface area contributed by atoms with Crippen LogP contribution in [0.4, 0.5) is 4.39 Å². The van der Waals surface area contributed by atoms with Crippen LogP contribution in [-0.2, 0) is 0 Å². The first-order valence-electron chi connectivity index (χ1n) is 6.96. The molecule has 0 bridgehead atoms. The van der Waals surface area contributed by atoms with E-state index < -0.39 is 6.10 Å². The van der Waals surface area contributed by atoms with Gasteiger partial charge in [0.2, 0.25) is 0 Å². The highest BCUT2D eigenvalue weighted by Crippen LogP contribution is 2.19. The van der Waals surface area contributed by atoms with Crippen LogP contribution in [0.3, 0.4) is 0 Å². The van der Waals surface area contributed by atoms with E-state index in [0.29, 0.717) is 17.4 Å². The molecule has 1 aromatic heterocycles. The van der Waals surface area contributed by atoms with Gasteiger partial charge in [0.05, 0.1) is 0 Å². The SMILES string of the molecule is CC(NCC(O)COc1ccc(F)cc1)c1cccnc1Cl. The predicted molar refractivity (Wildman–Crippen MR) is 83.6 cm³/mol. The van der Waals surface area contributed by atoms with E-state index >= 15 is 0 Å². The molecule has 0 saturated heterocycles. The summed E-state index contributed by atoms with van der Waals surface area (Å²) in [5.41, 5.74) is 0.871. The smallest absolute Gasteiger partial charge is 0.133 e. The molecule has 2 aromatic rings. The van der Waals surface area contributed by atoms with Crippen molar-refractivity contribution in [3.8, 4) is 5.75 Å². The van der Waals surface area contributed by atoms with Gasteiger partial charge in [0.25, 0.3) is 0 Å². The summed E-state index contributed by atoms with van der Waals surface area (Å²) in [6.07, 6.45) is 0.937. The molecule has 4 nitrogen and oxygen atoms in total. The van der Waals surface area contributed by atoms with Gasteiger partial charge in [-0.2, -0.15) is 0 Å². The van der Waals surface area contributed by atoms with Gasteiger partial charge in [0.15, 0.2) is 0 Å². The fourth-order valence-corrected chi connectivity index (χ4v) is 2.21. The highest BCUT2D eigenvalue weighted by molar-refractivity contribution is 6.30. The number of nitrogens with zero attached hydrogens (tertiary/aromatic N) is 1. The molecule has 0 fully saturated rings. The zero-order valence-electron chi connectivity index (χ0n) is 12.2. The number of nitrogens with one attached hydrogen (secondary N) is 1. The third-order valence-corrected chi connectivity index (χ3v) is 3.49. The van der Waals surface area contributed by atoms with Gasteiger partial charge >= 0.3 is 0 Å². The van der Waals surface area contributed by atoms with E-state index in [-0.39, 0.29) is 18.5 Å². The maximum atomic E-state index is 12.8. The van der Waals surface area contributed by atoms with Crippen LogP contribution in [0.15, 0.2) is 42.6 Å². The van der Waals surface area contributed by atoms with Crippen LogP contribution >= 0.6 is 11.6 Å². The maximum Gasteiger partial charge on any atom is 0.133 e. The lowest BCUT2D eigenvalue weighted by molar-refractivity contribution is 0.104. The number of pyridine rings is 1. The molecule has 0 spiro atoms. The Hall–Kier alpha value is -1.69. The first-order chi connectivity index (χ1) is 10.6. The second kappa shape index (κ2) is 8.08. The molecule has 0 saturated carbocycles. The molecular formula is C16H18ClFN2O2. The summed E-state index contributed by atoms with van der Waals surface area (Å²) in [5.74, 6) is 0.195. The first-order valence-corrected chi connectivity index (χ1v) is 7.34. The number of aromatic nitrogens is 1. The summed E-state index contributed by atoms with van der Waals surface area (Å²) in [6.45, 7) is 2.40. The van der Waals surface area contributed by atoms with E-state index in [2.05, 4.69) is 10.3 Å². The average Bonchev–Trinajstić information content (AvgIpc) is 2.52. The van der Waals surface area contributed by atoms with Crippen LogP contribution in [-0.4, -0.2) is 29.3 Å². The molecule has 1 heterocycles. The molecule has 0 aliphatic rings. The molecule has 0 aliphatic heterocycles. The van der Waals surface area contributed by atoms with Crippen LogP contribution in [0.1, 0.15) is 18.5 Å². The van der Waals surface area contributed by atoms with E-state index in [1.807, 2.05) is 19.1 Å². The van der Waals surface area contributed by atoms with Crippen molar-refractivity contribution in [2.24, 2.45) is 0 Å². The molecule has 6 heteroatoms.